The first-order valence-corrected chi connectivity index (χ1v) is 10.6. The van der Waals surface area contributed by atoms with Crippen LogP contribution in [0.5, 0.6) is 5.75 Å². The Labute approximate surface area is 192 Å². The van der Waals surface area contributed by atoms with Crippen molar-refractivity contribution in [1.29, 1.82) is 0 Å². The molecule has 0 spiro atoms. The zero-order valence-corrected chi connectivity index (χ0v) is 18.3. The van der Waals surface area contributed by atoms with E-state index in [0.717, 1.165) is 11.1 Å². The van der Waals surface area contributed by atoms with Crippen molar-refractivity contribution >= 4 is 17.7 Å². The largest absolute Gasteiger partial charge is 0.508 e. The topological polar surface area (TPSA) is 142 Å². The minimum absolute atomic E-state index is 0.0275. The Bertz CT molecular complexity index is 1020. The average molecular weight is 452 g/mol. The Kier molecular flexibility index (Phi) is 7.81. The van der Waals surface area contributed by atoms with Gasteiger partial charge in [0.1, 0.15) is 11.8 Å². The van der Waals surface area contributed by atoms with E-state index in [1.807, 2.05) is 0 Å². The molecule has 3 amide bonds. The minimum Gasteiger partial charge on any atom is -0.508 e. The standard InChI is InChI=1S/C24H29N5O4/c1-2-10-27-13-22(31)29-20(12-16-6-8-19(30)9-7-16)24(33)28(15-21(29)25)14-17-4-3-5-18(11-17)23(26)32/h2-9,11,20-21,27,30H,1,10,12-15,25H2,(H2,26,32)/t20-,21+/m0/s1. The summed E-state index contributed by atoms with van der Waals surface area (Å²) >= 11 is 0. The minimum atomic E-state index is -0.810. The number of hydrogen-bond donors (Lipinski definition) is 4. The summed E-state index contributed by atoms with van der Waals surface area (Å²) in [4.78, 5) is 41.0. The third-order valence-electron chi connectivity index (χ3n) is 5.50. The van der Waals surface area contributed by atoms with Crippen molar-refractivity contribution in [2.45, 2.75) is 25.2 Å². The van der Waals surface area contributed by atoms with Crippen LogP contribution in [0.15, 0.2) is 61.2 Å². The summed E-state index contributed by atoms with van der Waals surface area (Å²) in [5, 5.41) is 12.5. The summed E-state index contributed by atoms with van der Waals surface area (Å²) in [6.07, 6.45) is 1.18. The summed E-state index contributed by atoms with van der Waals surface area (Å²) in [7, 11) is 0. The van der Waals surface area contributed by atoms with Crippen LogP contribution in [0.1, 0.15) is 21.5 Å². The lowest BCUT2D eigenvalue weighted by atomic mass is 9.99. The van der Waals surface area contributed by atoms with E-state index in [9.17, 15) is 19.5 Å². The van der Waals surface area contributed by atoms with Crippen molar-refractivity contribution in [3.8, 4) is 5.75 Å². The van der Waals surface area contributed by atoms with E-state index in [0.29, 0.717) is 12.1 Å². The van der Waals surface area contributed by atoms with E-state index in [2.05, 4.69) is 11.9 Å². The van der Waals surface area contributed by atoms with Crippen molar-refractivity contribution in [2.75, 3.05) is 19.6 Å². The summed E-state index contributed by atoms with van der Waals surface area (Å²) in [6, 6.07) is 12.4. The fraction of sp³-hybridized carbons (Fsp3) is 0.292. The van der Waals surface area contributed by atoms with E-state index in [-0.39, 0.29) is 43.6 Å². The van der Waals surface area contributed by atoms with Gasteiger partial charge >= 0.3 is 0 Å². The van der Waals surface area contributed by atoms with Crippen LogP contribution < -0.4 is 16.8 Å². The number of primary amides is 1. The molecule has 0 bridgehead atoms. The molecule has 2 aromatic rings. The molecular weight excluding hydrogens is 422 g/mol. The highest BCUT2D eigenvalue weighted by molar-refractivity contribution is 5.93. The molecule has 1 fully saturated rings. The van der Waals surface area contributed by atoms with Gasteiger partial charge < -0.3 is 31.7 Å². The molecule has 9 heteroatoms. The molecule has 1 aliphatic heterocycles. The normalized spacial score (nSPS) is 18.3. The van der Waals surface area contributed by atoms with Gasteiger partial charge in [-0.05, 0) is 35.4 Å². The van der Waals surface area contributed by atoms with Crippen LogP contribution in [0, 0.1) is 0 Å². The number of phenols is 1. The van der Waals surface area contributed by atoms with Crippen LogP contribution in [0.2, 0.25) is 0 Å². The molecule has 0 radical (unpaired) electrons. The van der Waals surface area contributed by atoms with Gasteiger partial charge in [0.25, 0.3) is 0 Å². The third kappa shape index (κ3) is 5.97. The molecule has 0 aliphatic carbocycles. The number of benzene rings is 2. The van der Waals surface area contributed by atoms with Gasteiger partial charge in [-0.15, -0.1) is 6.58 Å². The molecule has 0 aromatic heterocycles. The molecule has 1 saturated heterocycles. The molecule has 0 unspecified atom stereocenters. The van der Waals surface area contributed by atoms with Crippen LogP contribution in [0.25, 0.3) is 0 Å². The zero-order valence-electron chi connectivity index (χ0n) is 18.3. The van der Waals surface area contributed by atoms with Gasteiger partial charge in [0.2, 0.25) is 17.7 Å². The lowest BCUT2D eigenvalue weighted by molar-refractivity contribution is -0.155. The second kappa shape index (κ2) is 10.8. The van der Waals surface area contributed by atoms with Crippen LogP contribution >= 0.6 is 0 Å². The SMILES string of the molecule is C=CCNCC(=O)N1[C@@H](N)CN(Cc2cccc(C(N)=O)c2)C(=O)[C@@H]1Cc1ccc(O)cc1. The van der Waals surface area contributed by atoms with Gasteiger partial charge in [-0.3, -0.25) is 14.4 Å². The lowest BCUT2D eigenvalue weighted by Gasteiger charge is -2.45. The highest BCUT2D eigenvalue weighted by Crippen LogP contribution is 2.22. The average Bonchev–Trinajstić information content (AvgIpc) is 2.78. The fourth-order valence-electron chi connectivity index (χ4n) is 3.92. The van der Waals surface area contributed by atoms with Gasteiger partial charge in [0.05, 0.1) is 19.3 Å². The third-order valence-corrected chi connectivity index (χ3v) is 5.50. The highest BCUT2D eigenvalue weighted by Gasteiger charge is 2.41. The van der Waals surface area contributed by atoms with Gasteiger partial charge in [0.15, 0.2) is 0 Å². The maximum absolute atomic E-state index is 13.5. The van der Waals surface area contributed by atoms with E-state index < -0.39 is 18.1 Å². The molecule has 1 heterocycles. The number of carbonyl (C=O) groups is 3. The number of phenolic OH excluding ortho intramolecular Hbond substituents is 1. The quantitative estimate of drug-likeness (QED) is 0.320. The number of aromatic hydroxyl groups is 1. The number of hydrogen-bond acceptors (Lipinski definition) is 6. The lowest BCUT2D eigenvalue weighted by Crippen LogP contribution is -2.67. The Balaban J connectivity index is 1.85. The molecule has 2 aromatic carbocycles. The Morgan fingerprint density at radius 1 is 1.18 bits per heavy atom. The van der Waals surface area contributed by atoms with Crippen molar-refractivity contribution in [3.05, 3.63) is 77.9 Å². The van der Waals surface area contributed by atoms with E-state index in [1.165, 1.54) is 17.0 Å². The predicted molar refractivity (Wildman–Crippen MR) is 124 cm³/mol. The second-order valence-corrected chi connectivity index (χ2v) is 7.96. The molecule has 174 valence electrons. The number of nitrogens with one attached hydrogen (secondary N) is 1. The zero-order chi connectivity index (χ0) is 24.0. The first kappa shape index (κ1) is 24.0. The van der Waals surface area contributed by atoms with Crippen molar-refractivity contribution in [2.24, 2.45) is 11.5 Å². The number of nitrogens with two attached hydrogens (primary N) is 2. The number of amides is 3. The van der Waals surface area contributed by atoms with Crippen molar-refractivity contribution in [3.63, 3.8) is 0 Å². The van der Waals surface area contributed by atoms with E-state index >= 15 is 0 Å². The van der Waals surface area contributed by atoms with Crippen LogP contribution in [-0.4, -0.2) is 64.5 Å². The van der Waals surface area contributed by atoms with Crippen LogP contribution in [0.4, 0.5) is 0 Å². The number of nitrogens with zero attached hydrogens (tertiary/aromatic N) is 2. The van der Waals surface area contributed by atoms with Gasteiger partial charge in [-0.25, -0.2) is 0 Å². The summed E-state index contributed by atoms with van der Waals surface area (Å²) < 4.78 is 0. The molecule has 6 N–H and O–H groups in total. The summed E-state index contributed by atoms with van der Waals surface area (Å²) in [5.41, 5.74) is 13.6. The van der Waals surface area contributed by atoms with Gasteiger partial charge in [-0.2, -0.15) is 0 Å². The maximum atomic E-state index is 13.5. The summed E-state index contributed by atoms with van der Waals surface area (Å²) in [6.45, 7) is 4.48. The predicted octanol–water partition coefficient (Wildman–Crippen LogP) is 0.334. The number of carbonyl (C=O) groups excluding carboxylic acids is 3. The number of piperazine rings is 1. The molecular formula is C24H29N5O4. The Morgan fingerprint density at radius 2 is 1.91 bits per heavy atom. The van der Waals surface area contributed by atoms with Crippen molar-refractivity contribution < 1.29 is 19.5 Å². The van der Waals surface area contributed by atoms with Gasteiger partial charge in [0, 0.05) is 25.1 Å². The maximum Gasteiger partial charge on any atom is 0.248 e. The molecule has 0 saturated carbocycles. The smallest absolute Gasteiger partial charge is 0.248 e. The number of rotatable bonds is 9. The van der Waals surface area contributed by atoms with E-state index in [1.54, 1.807) is 47.4 Å². The first-order chi connectivity index (χ1) is 15.8. The van der Waals surface area contributed by atoms with E-state index in [4.69, 9.17) is 11.5 Å². The van der Waals surface area contributed by atoms with Crippen molar-refractivity contribution in [1.82, 2.24) is 15.1 Å². The monoisotopic (exact) mass is 451 g/mol. The Morgan fingerprint density at radius 3 is 2.58 bits per heavy atom. The Hall–Kier alpha value is -3.69. The second-order valence-electron chi connectivity index (χ2n) is 7.96. The fourth-order valence-corrected chi connectivity index (χ4v) is 3.92. The molecule has 3 rings (SSSR count). The summed E-state index contributed by atoms with van der Waals surface area (Å²) in [5.74, 6) is -0.960. The van der Waals surface area contributed by atoms with Crippen LogP contribution in [0.3, 0.4) is 0 Å². The molecule has 9 nitrogen and oxygen atoms in total. The molecule has 2 atom stereocenters. The highest BCUT2D eigenvalue weighted by atomic mass is 16.3. The molecule has 1 aliphatic rings. The van der Waals surface area contributed by atoms with Gasteiger partial charge in [-0.1, -0.05) is 30.3 Å². The molecule has 33 heavy (non-hydrogen) atoms. The van der Waals surface area contributed by atoms with Crippen LogP contribution in [-0.2, 0) is 22.6 Å². The first-order valence-electron chi connectivity index (χ1n) is 10.6.